The maximum absolute atomic E-state index is 12.4. The molecule has 0 aliphatic rings. The Morgan fingerprint density at radius 1 is 1.06 bits per heavy atom. The van der Waals surface area contributed by atoms with E-state index in [1.54, 1.807) is 12.1 Å². The molecule has 0 bridgehead atoms. The number of nitrogens with one attached hydrogen (secondary N) is 2. The number of hydrogen-bond acceptors (Lipinski definition) is 6. The molecule has 0 saturated carbocycles. The van der Waals surface area contributed by atoms with E-state index in [-0.39, 0.29) is 34.5 Å². The van der Waals surface area contributed by atoms with E-state index in [1.807, 2.05) is 12.1 Å². The second-order valence-corrected chi connectivity index (χ2v) is 8.88. The lowest BCUT2D eigenvalue weighted by atomic mass is 10.2. The van der Waals surface area contributed by atoms with Crippen LogP contribution in [0.4, 0.5) is 0 Å². The Balaban J connectivity index is 1.82. The molecule has 1 unspecified atom stereocenters. The summed E-state index contributed by atoms with van der Waals surface area (Å²) in [7, 11) is -2.49. The van der Waals surface area contributed by atoms with Crippen LogP contribution in [0.3, 0.4) is 0 Å². The fourth-order valence-corrected chi connectivity index (χ4v) is 4.76. The predicted molar refractivity (Wildman–Crippen MR) is 117 cm³/mol. The summed E-state index contributed by atoms with van der Waals surface area (Å²) in [6.07, 6.45) is -1.34. The minimum Gasteiger partial charge on any atom is -0.496 e. The van der Waals surface area contributed by atoms with Crippen LogP contribution in [0, 0.1) is 0 Å². The molecule has 2 rings (SSSR count). The van der Waals surface area contributed by atoms with Crippen molar-refractivity contribution < 1.29 is 27.5 Å². The molecule has 1 atom stereocenters. The molecule has 0 aliphatic carbocycles. The molecule has 0 heterocycles. The highest BCUT2D eigenvalue weighted by atomic mass is 35.5. The number of esters is 1. The number of carbonyl (C=O) groups is 2. The summed E-state index contributed by atoms with van der Waals surface area (Å²) in [6.45, 7) is 1.37. The second-order valence-electron chi connectivity index (χ2n) is 6.36. The third-order valence-corrected chi connectivity index (χ3v) is 6.55. The van der Waals surface area contributed by atoms with Gasteiger partial charge in [-0.15, -0.1) is 0 Å². The fraction of sp³-hybridized carbons (Fsp3) is 0.300. The van der Waals surface area contributed by atoms with Crippen molar-refractivity contribution in [2.45, 2.75) is 30.9 Å². The number of halogens is 2. The molecule has 0 saturated heterocycles. The Kier molecular flexibility index (Phi) is 9.12. The molecule has 1 amide bonds. The van der Waals surface area contributed by atoms with E-state index in [2.05, 4.69) is 10.0 Å². The van der Waals surface area contributed by atoms with Gasteiger partial charge in [-0.25, -0.2) is 13.1 Å². The number of rotatable bonds is 10. The maximum atomic E-state index is 12.4. The van der Waals surface area contributed by atoms with Crippen molar-refractivity contribution in [3.05, 3.63) is 58.1 Å². The van der Waals surface area contributed by atoms with Crippen LogP contribution in [-0.2, 0) is 30.9 Å². The van der Waals surface area contributed by atoms with Gasteiger partial charge in [0, 0.05) is 18.7 Å². The zero-order valence-corrected chi connectivity index (χ0v) is 19.2. The number of hydrogen-bond donors (Lipinski definition) is 2. The fourth-order valence-electron chi connectivity index (χ4n) is 2.58. The summed E-state index contributed by atoms with van der Waals surface area (Å²) in [5, 5.41) is 2.58. The number of carbonyl (C=O) groups excluding carboxylic acids is 2. The van der Waals surface area contributed by atoms with Gasteiger partial charge in [-0.1, -0.05) is 47.5 Å². The van der Waals surface area contributed by atoms with Gasteiger partial charge in [0.2, 0.25) is 10.0 Å². The average molecular weight is 489 g/mol. The highest BCUT2D eigenvalue weighted by molar-refractivity contribution is 7.89. The van der Waals surface area contributed by atoms with E-state index in [0.717, 1.165) is 5.56 Å². The average Bonchev–Trinajstić information content (AvgIpc) is 2.71. The maximum Gasteiger partial charge on any atom is 0.307 e. The molecular formula is C20H22Cl2N2O6S. The first kappa shape index (κ1) is 24.9. The van der Waals surface area contributed by atoms with Crippen molar-refractivity contribution in [3.8, 4) is 5.75 Å². The van der Waals surface area contributed by atoms with Gasteiger partial charge >= 0.3 is 5.97 Å². The van der Waals surface area contributed by atoms with Gasteiger partial charge < -0.3 is 14.8 Å². The Hall–Kier alpha value is -2.33. The Morgan fingerprint density at radius 2 is 1.71 bits per heavy atom. The van der Waals surface area contributed by atoms with Crippen LogP contribution < -0.4 is 14.8 Å². The van der Waals surface area contributed by atoms with Crippen LogP contribution in [0.5, 0.6) is 5.75 Å². The van der Waals surface area contributed by atoms with E-state index in [0.29, 0.717) is 5.75 Å². The predicted octanol–water partition coefficient (Wildman–Crippen LogP) is 2.92. The Morgan fingerprint density at radius 3 is 2.35 bits per heavy atom. The summed E-state index contributed by atoms with van der Waals surface area (Å²) in [4.78, 5) is 23.9. The van der Waals surface area contributed by atoms with Crippen molar-refractivity contribution in [1.82, 2.24) is 10.0 Å². The molecule has 2 N–H and O–H groups in total. The molecule has 0 spiro atoms. The minimum atomic E-state index is -4.02. The van der Waals surface area contributed by atoms with Gasteiger partial charge in [0.25, 0.3) is 5.91 Å². The first-order valence-corrected chi connectivity index (χ1v) is 11.4. The van der Waals surface area contributed by atoms with E-state index in [4.69, 9.17) is 32.7 Å². The quantitative estimate of drug-likeness (QED) is 0.497. The van der Waals surface area contributed by atoms with Gasteiger partial charge in [-0.3, -0.25) is 9.59 Å². The zero-order valence-electron chi connectivity index (χ0n) is 16.9. The van der Waals surface area contributed by atoms with Gasteiger partial charge in [-0.05, 0) is 25.1 Å². The van der Waals surface area contributed by atoms with Crippen LogP contribution in [0.25, 0.3) is 0 Å². The van der Waals surface area contributed by atoms with Crippen molar-refractivity contribution in [2.75, 3.05) is 13.7 Å². The van der Waals surface area contributed by atoms with E-state index in [1.165, 1.54) is 32.2 Å². The molecule has 8 nitrogen and oxygen atoms in total. The molecule has 2 aromatic carbocycles. The lowest BCUT2D eigenvalue weighted by Gasteiger charge is -2.15. The SMILES string of the molecule is COc1ccccc1CNC(=O)C(C)OC(=O)CCNS(=O)(=O)c1c(Cl)cccc1Cl. The normalized spacial score (nSPS) is 12.1. The monoisotopic (exact) mass is 488 g/mol. The molecular weight excluding hydrogens is 467 g/mol. The highest BCUT2D eigenvalue weighted by Gasteiger charge is 2.22. The summed E-state index contributed by atoms with van der Waals surface area (Å²) in [5.74, 6) is -0.617. The van der Waals surface area contributed by atoms with E-state index >= 15 is 0 Å². The summed E-state index contributed by atoms with van der Waals surface area (Å²) < 4.78 is 37.2. The van der Waals surface area contributed by atoms with Gasteiger partial charge in [0.15, 0.2) is 6.10 Å². The summed E-state index contributed by atoms with van der Waals surface area (Å²) in [5.41, 5.74) is 0.768. The Labute approximate surface area is 190 Å². The van der Waals surface area contributed by atoms with Gasteiger partial charge in [-0.2, -0.15) is 0 Å². The topological polar surface area (TPSA) is 111 Å². The number of methoxy groups -OCH3 is 1. The first-order valence-electron chi connectivity index (χ1n) is 9.18. The van der Waals surface area contributed by atoms with Crippen molar-refractivity contribution in [1.29, 1.82) is 0 Å². The van der Waals surface area contributed by atoms with E-state index in [9.17, 15) is 18.0 Å². The van der Waals surface area contributed by atoms with Crippen molar-refractivity contribution in [2.24, 2.45) is 0 Å². The van der Waals surface area contributed by atoms with Gasteiger partial charge in [0.1, 0.15) is 10.6 Å². The minimum absolute atomic E-state index is 0.0390. The molecule has 168 valence electrons. The highest BCUT2D eigenvalue weighted by Crippen LogP contribution is 2.28. The second kappa shape index (κ2) is 11.3. The molecule has 0 aromatic heterocycles. The smallest absolute Gasteiger partial charge is 0.307 e. The van der Waals surface area contributed by atoms with Crippen molar-refractivity contribution in [3.63, 3.8) is 0 Å². The number of para-hydroxylation sites is 1. The zero-order chi connectivity index (χ0) is 23.0. The van der Waals surface area contributed by atoms with Crippen LogP contribution >= 0.6 is 23.2 Å². The van der Waals surface area contributed by atoms with Gasteiger partial charge in [0.05, 0.1) is 23.6 Å². The van der Waals surface area contributed by atoms with Crippen LogP contribution in [0.1, 0.15) is 18.9 Å². The molecule has 0 radical (unpaired) electrons. The summed E-state index contributed by atoms with van der Waals surface area (Å²) >= 11 is 11.8. The molecule has 31 heavy (non-hydrogen) atoms. The third-order valence-electron chi connectivity index (χ3n) is 4.13. The number of benzene rings is 2. The lowest BCUT2D eigenvalue weighted by Crippen LogP contribution is -2.36. The largest absolute Gasteiger partial charge is 0.496 e. The van der Waals surface area contributed by atoms with Crippen molar-refractivity contribution >= 4 is 45.1 Å². The molecule has 11 heteroatoms. The number of ether oxygens (including phenoxy) is 2. The van der Waals surface area contributed by atoms with E-state index < -0.39 is 28.0 Å². The molecule has 0 fully saturated rings. The summed E-state index contributed by atoms with van der Waals surface area (Å²) in [6, 6.07) is 11.5. The lowest BCUT2D eigenvalue weighted by molar-refractivity contribution is -0.154. The van der Waals surface area contributed by atoms with Crippen LogP contribution in [0.2, 0.25) is 10.0 Å². The van der Waals surface area contributed by atoms with Crippen LogP contribution in [0.15, 0.2) is 47.4 Å². The molecule has 2 aromatic rings. The number of amides is 1. The third kappa shape index (κ3) is 7.10. The first-order chi connectivity index (χ1) is 14.7. The molecule has 0 aliphatic heterocycles. The standard InChI is InChI=1S/C20H22Cl2N2O6S/c1-13(20(26)23-12-14-6-3-4-9-17(14)29-2)30-18(25)10-11-24-31(27,28)19-15(21)7-5-8-16(19)22/h3-9,13,24H,10-12H2,1-2H3,(H,23,26). The van der Waals surface area contributed by atoms with Crippen LogP contribution in [-0.4, -0.2) is 40.1 Å². The Bertz CT molecular complexity index is 1030. The number of sulfonamides is 1.